The fourth-order valence-corrected chi connectivity index (χ4v) is 2.57. The molecular weight excluding hydrogens is 254 g/mol. The van der Waals surface area contributed by atoms with Gasteiger partial charge in [-0.2, -0.15) is 0 Å². The third kappa shape index (κ3) is 3.56. The van der Waals surface area contributed by atoms with Gasteiger partial charge in [-0.15, -0.1) is 0 Å². The van der Waals surface area contributed by atoms with E-state index in [-0.39, 0.29) is 17.7 Å². The van der Waals surface area contributed by atoms with E-state index in [9.17, 15) is 9.59 Å². The Balaban J connectivity index is 1.87. The van der Waals surface area contributed by atoms with E-state index >= 15 is 0 Å². The van der Waals surface area contributed by atoms with Crippen LogP contribution in [-0.4, -0.2) is 46.7 Å². The molecule has 2 amide bonds. The van der Waals surface area contributed by atoms with E-state index in [1.807, 2.05) is 30.1 Å². The number of likely N-dealkylation sites (tertiary alicyclic amines) is 1. The van der Waals surface area contributed by atoms with Crippen LogP contribution in [0.1, 0.15) is 25.5 Å². The first-order valence-corrected chi connectivity index (χ1v) is 6.98. The predicted molar refractivity (Wildman–Crippen MR) is 75.7 cm³/mol. The maximum Gasteiger partial charge on any atom is 0.225 e. The van der Waals surface area contributed by atoms with Crippen molar-refractivity contribution in [3.8, 4) is 0 Å². The molecule has 1 fully saturated rings. The van der Waals surface area contributed by atoms with E-state index in [0.717, 1.165) is 18.5 Å². The lowest BCUT2D eigenvalue weighted by Crippen LogP contribution is -2.42. The van der Waals surface area contributed by atoms with Gasteiger partial charge in [0.05, 0.1) is 12.2 Å². The average Bonchev–Trinajstić information content (AvgIpc) is 2.47. The Morgan fingerprint density at radius 2 is 2.05 bits per heavy atom. The first kappa shape index (κ1) is 14.5. The van der Waals surface area contributed by atoms with Gasteiger partial charge in [0, 0.05) is 39.2 Å². The van der Waals surface area contributed by atoms with E-state index in [1.54, 1.807) is 18.0 Å². The van der Waals surface area contributed by atoms with E-state index in [4.69, 9.17) is 0 Å². The van der Waals surface area contributed by atoms with Gasteiger partial charge in [-0.25, -0.2) is 0 Å². The van der Waals surface area contributed by atoms with Crippen molar-refractivity contribution in [1.82, 2.24) is 14.8 Å². The summed E-state index contributed by atoms with van der Waals surface area (Å²) in [6.45, 7) is 3.48. The Morgan fingerprint density at radius 1 is 1.35 bits per heavy atom. The number of hydrogen-bond acceptors (Lipinski definition) is 3. The molecular formula is C15H21N3O2. The molecule has 5 heteroatoms. The highest BCUT2D eigenvalue weighted by Crippen LogP contribution is 2.20. The third-order valence-electron chi connectivity index (χ3n) is 3.79. The molecule has 1 aromatic rings. The molecule has 0 spiro atoms. The number of amides is 2. The van der Waals surface area contributed by atoms with Gasteiger partial charge in [0.15, 0.2) is 0 Å². The van der Waals surface area contributed by atoms with Crippen molar-refractivity contribution in [3.05, 3.63) is 30.1 Å². The van der Waals surface area contributed by atoms with Gasteiger partial charge in [0.2, 0.25) is 11.8 Å². The van der Waals surface area contributed by atoms with Gasteiger partial charge in [0.25, 0.3) is 0 Å². The normalized spacial score (nSPS) is 16.0. The molecule has 2 rings (SSSR count). The summed E-state index contributed by atoms with van der Waals surface area (Å²) in [6, 6.07) is 5.71. The minimum absolute atomic E-state index is 0.0271. The van der Waals surface area contributed by atoms with E-state index < -0.39 is 0 Å². The Bertz CT molecular complexity index is 467. The maximum absolute atomic E-state index is 12.4. The number of pyridine rings is 1. The second kappa shape index (κ2) is 6.50. The molecule has 1 aromatic heterocycles. The van der Waals surface area contributed by atoms with Crippen molar-refractivity contribution in [1.29, 1.82) is 0 Å². The fourth-order valence-electron chi connectivity index (χ4n) is 2.57. The van der Waals surface area contributed by atoms with Crippen LogP contribution in [0.25, 0.3) is 0 Å². The van der Waals surface area contributed by atoms with Gasteiger partial charge in [0.1, 0.15) is 0 Å². The highest BCUT2D eigenvalue weighted by molar-refractivity contribution is 5.79. The fraction of sp³-hybridized carbons (Fsp3) is 0.533. The molecule has 0 atom stereocenters. The van der Waals surface area contributed by atoms with Crippen molar-refractivity contribution in [3.63, 3.8) is 0 Å². The molecule has 0 radical (unpaired) electrons. The Morgan fingerprint density at radius 3 is 2.60 bits per heavy atom. The van der Waals surface area contributed by atoms with Crippen LogP contribution in [0.5, 0.6) is 0 Å². The minimum atomic E-state index is 0.0271. The molecule has 20 heavy (non-hydrogen) atoms. The zero-order valence-corrected chi connectivity index (χ0v) is 12.1. The smallest absolute Gasteiger partial charge is 0.225 e. The largest absolute Gasteiger partial charge is 0.343 e. The summed E-state index contributed by atoms with van der Waals surface area (Å²) in [5.74, 6) is 0.274. The molecule has 5 nitrogen and oxygen atoms in total. The van der Waals surface area contributed by atoms with Gasteiger partial charge in [-0.1, -0.05) is 6.07 Å². The lowest BCUT2D eigenvalue weighted by atomic mass is 9.95. The Labute approximate surface area is 119 Å². The lowest BCUT2D eigenvalue weighted by Gasteiger charge is -2.32. The van der Waals surface area contributed by atoms with E-state index in [0.29, 0.717) is 19.6 Å². The molecule has 0 N–H and O–H groups in total. The molecule has 1 saturated heterocycles. The summed E-state index contributed by atoms with van der Waals surface area (Å²) in [7, 11) is 1.81. The standard InChI is InChI=1S/C15H21N3O2/c1-12(19)18-9-6-13(7-10-18)15(20)17(2)11-14-5-3-4-8-16-14/h3-5,8,13H,6-7,9-11H2,1-2H3. The maximum atomic E-state index is 12.4. The van der Waals surface area contributed by atoms with Crippen LogP contribution in [0.15, 0.2) is 24.4 Å². The molecule has 0 aromatic carbocycles. The van der Waals surface area contributed by atoms with E-state index in [2.05, 4.69) is 4.98 Å². The summed E-state index contributed by atoms with van der Waals surface area (Å²) >= 11 is 0. The summed E-state index contributed by atoms with van der Waals surface area (Å²) in [5, 5.41) is 0. The predicted octanol–water partition coefficient (Wildman–Crippen LogP) is 1.30. The summed E-state index contributed by atoms with van der Waals surface area (Å²) in [4.78, 5) is 31.4. The number of carbonyl (C=O) groups excluding carboxylic acids is 2. The van der Waals surface area contributed by atoms with Crippen molar-refractivity contribution >= 4 is 11.8 Å². The first-order chi connectivity index (χ1) is 9.58. The zero-order valence-electron chi connectivity index (χ0n) is 12.1. The van der Waals surface area contributed by atoms with Crippen molar-refractivity contribution in [2.45, 2.75) is 26.3 Å². The second-order valence-corrected chi connectivity index (χ2v) is 5.30. The number of carbonyl (C=O) groups is 2. The third-order valence-corrected chi connectivity index (χ3v) is 3.79. The van der Waals surface area contributed by atoms with Gasteiger partial charge < -0.3 is 9.80 Å². The topological polar surface area (TPSA) is 53.5 Å². The summed E-state index contributed by atoms with van der Waals surface area (Å²) in [5.41, 5.74) is 0.893. The zero-order chi connectivity index (χ0) is 14.5. The number of piperidine rings is 1. The first-order valence-electron chi connectivity index (χ1n) is 6.98. The van der Waals surface area contributed by atoms with Crippen LogP contribution in [0, 0.1) is 5.92 Å². The van der Waals surface area contributed by atoms with Crippen molar-refractivity contribution in [2.75, 3.05) is 20.1 Å². The van der Waals surface area contributed by atoms with Crippen molar-refractivity contribution < 1.29 is 9.59 Å². The number of nitrogens with zero attached hydrogens (tertiary/aromatic N) is 3. The second-order valence-electron chi connectivity index (χ2n) is 5.30. The Kier molecular flexibility index (Phi) is 4.71. The Hall–Kier alpha value is -1.91. The van der Waals surface area contributed by atoms with Crippen LogP contribution in [0.2, 0.25) is 0 Å². The van der Waals surface area contributed by atoms with E-state index in [1.165, 1.54) is 0 Å². The van der Waals surface area contributed by atoms with Crippen LogP contribution in [-0.2, 0) is 16.1 Å². The summed E-state index contributed by atoms with van der Waals surface area (Å²) < 4.78 is 0. The molecule has 1 aliphatic rings. The number of hydrogen-bond donors (Lipinski definition) is 0. The SMILES string of the molecule is CC(=O)N1CCC(C(=O)N(C)Cc2ccccn2)CC1. The number of rotatable bonds is 3. The van der Waals surface area contributed by atoms with Crippen molar-refractivity contribution in [2.24, 2.45) is 5.92 Å². The van der Waals surface area contributed by atoms with Crippen LogP contribution in [0.3, 0.4) is 0 Å². The molecule has 1 aliphatic heterocycles. The van der Waals surface area contributed by atoms with Gasteiger partial charge >= 0.3 is 0 Å². The highest BCUT2D eigenvalue weighted by Gasteiger charge is 2.28. The van der Waals surface area contributed by atoms with Gasteiger partial charge in [-0.3, -0.25) is 14.6 Å². The van der Waals surface area contributed by atoms with Crippen LogP contribution in [0.4, 0.5) is 0 Å². The minimum Gasteiger partial charge on any atom is -0.343 e. The molecule has 0 saturated carbocycles. The number of aromatic nitrogens is 1. The lowest BCUT2D eigenvalue weighted by molar-refractivity contribution is -0.139. The molecule has 108 valence electrons. The molecule has 2 heterocycles. The molecule has 0 bridgehead atoms. The summed E-state index contributed by atoms with van der Waals surface area (Å²) in [6.07, 6.45) is 3.24. The van der Waals surface area contributed by atoms with Crippen LogP contribution >= 0.6 is 0 Å². The molecule has 0 aliphatic carbocycles. The average molecular weight is 275 g/mol. The van der Waals surface area contributed by atoms with Gasteiger partial charge in [-0.05, 0) is 25.0 Å². The monoisotopic (exact) mass is 275 g/mol. The molecule has 0 unspecified atom stereocenters. The quantitative estimate of drug-likeness (QED) is 0.835. The van der Waals surface area contributed by atoms with Crippen LogP contribution < -0.4 is 0 Å². The highest BCUT2D eigenvalue weighted by atomic mass is 16.2.